The smallest absolute Gasteiger partial charge is 0.335 e. The summed E-state index contributed by atoms with van der Waals surface area (Å²) in [5.41, 5.74) is 0.544. The maximum Gasteiger partial charge on any atom is 0.335 e. The van der Waals surface area contributed by atoms with Gasteiger partial charge in [0, 0.05) is 6.54 Å². The molecule has 0 amide bonds. The van der Waals surface area contributed by atoms with Crippen molar-refractivity contribution in [1.29, 1.82) is 0 Å². The van der Waals surface area contributed by atoms with E-state index >= 15 is 0 Å². The number of nitrogens with one attached hydrogen (secondary N) is 1. The van der Waals surface area contributed by atoms with Gasteiger partial charge in [-0.3, -0.25) is 0 Å². The highest BCUT2D eigenvalue weighted by Crippen LogP contribution is 2.26. The molecule has 1 saturated heterocycles. The first kappa shape index (κ1) is 18.6. The minimum absolute atomic E-state index is 0.208. The standard InChI is InChI=1S/C15H21NO8/c1-16-6-9(17)7-3-2-4-8(5-7)23-15-12(20)10(18)11(19)13(24-15)14(21)22/h2-5,9-13,15-20H,6H2,1H3,(H,21,22)/t9-,10-,11-,12+,13-,15?/m0/s1. The van der Waals surface area contributed by atoms with E-state index in [4.69, 9.17) is 14.6 Å². The number of carboxylic acid groups (broad SMARTS) is 1. The van der Waals surface area contributed by atoms with Crippen molar-refractivity contribution in [3.05, 3.63) is 29.8 Å². The molecular weight excluding hydrogens is 322 g/mol. The Balaban J connectivity index is 2.14. The third-order valence-corrected chi connectivity index (χ3v) is 3.71. The number of aliphatic hydroxyl groups excluding tert-OH is 4. The molecule has 6 atom stereocenters. The number of aliphatic hydroxyl groups is 4. The number of ether oxygens (including phenoxy) is 2. The van der Waals surface area contributed by atoms with Crippen LogP contribution in [0, 0.1) is 0 Å². The van der Waals surface area contributed by atoms with E-state index in [1.54, 1.807) is 19.2 Å². The van der Waals surface area contributed by atoms with E-state index < -0.39 is 42.8 Å². The predicted molar refractivity (Wildman–Crippen MR) is 80.3 cm³/mol. The Hall–Kier alpha value is -1.75. The van der Waals surface area contributed by atoms with Crippen molar-refractivity contribution in [2.45, 2.75) is 36.8 Å². The van der Waals surface area contributed by atoms with Crippen molar-refractivity contribution in [3.8, 4) is 5.75 Å². The maximum absolute atomic E-state index is 11.1. The summed E-state index contributed by atoms with van der Waals surface area (Å²) in [7, 11) is 1.69. The second kappa shape index (κ2) is 7.88. The van der Waals surface area contributed by atoms with Gasteiger partial charge in [0.25, 0.3) is 0 Å². The van der Waals surface area contributed by atoms with Crippen LogP contribution in [0.3, 0.4) is 0 Å². The topological polar surface area (TPSA) is 149 Å². The van der Waals surface area contributed by atoms with E-state index in [1.165, 1.54) is 12.1 Å². The zero-order valence-corrected chi connectivity index (χ0v) is 12.9. The lowest BCUT2D eigenvalue weighted by molar-refractivity contribution is -0.271. The molecule has 1 aliphatic heterocycles. The van der Waals surface area contributed by atoms with Gasteiger partial charge in [0.1, 0.15) is 24.1 Å². The average Bonchev–Trinajstić information content (AvgIpc) is 2.55. The summed E-state index contributed by atoms with van der Waals surface area (Å²) in [6, 6.07) is 6.31. The summed E-state index contributed by atoms with van der Waals surface area (Å²) in [5.74, 6) is -1.28. The highest BCUT2D eigenvalue weighted by atomic mass is 16.7. The second-order valence-electron chi connectivity index (χ2n) is 5.50. The number of likely N-dealkylation sites (N-methyl/N-ethyl adjacent to an activating group) is 1. The quantitative estimate of drug-likeness (QED) is 0.352. The van der Waals surface area contributed by atoms with Crippen LogP contribution in [-0.2, 0) is 9.53 Å². The van der Waals surface area contributed by atoms with Crippen LogP contribution in [0.15, 0.2) is 24.3 Å². The Kier molecular flexibility index (Phi) is 6.10. The number of hydrogen-bond acceptors (Lipinski definition) is 8. The molecule has 1 unspecified atom stereocenters. The summed E-state index contributed by atoms with van der Waals surface area (Å²) >= 11 is 0. The van der Waals surface area contributed by atoms with Gasteiger partial charge in [-0.25, -0.2) is 4.79 Å². The minimum Gasteiger partial charge on any atom is -0.479 e. The van der Waals surface area contributed by atoms with Crippen LogP contribution in [0.2, 0.25) is 0 Å². The summed E-state index contributed by atoms with van der Waals surface area (Å²) in [6.07, 6.45) is -9.15. The zero-order chi connectivity index (χ0) is 17.9. The number of carbonyl (C=O) groups is 1. The van der Waals surface area contributed by atoms with Gasteiger partial charge in [-0.05, 0) is 24.7 Å². The first-order chi connectivity index (χ1) is 11.3. The van der Waals surface area contributed by atoms with Gasteiger partial charge in [0.15, 0.2) is 6.10 Å². The van der Waals surface area contributed by atoms with E-state index in [-0.39, 0.29) is 5.75 Å². The Morgan fingerprint density at radius 3 is 2.62 bits per heavy atom. The maximum atomic E-state index is 11.1. The van der Waals surface area contributed by atoms with Gasteiger partial charge in [-0.15, -0.1) is 0 Å². The monoisotopic (exact) mass is 343 g/mol. The number of hydrogen-bond donors (Lipinski definition) is 6. The third kappa shape index (κ3) is 4.01. The van der Waals surface area contributed by atoms with Crippen LogP contribution in [0.5, 0.6) is 5.75 Å². The summed E-state index contributed by atoms with van der Waals surface area (Å²) in [6.45, 7) is 0.317. The van der Waals surface area contributed by atoms with Crippen molar-refractivity contribution >= 4 is 5.97 Å². The highest BCUT2D eigenvalue weighted by Gasteiger charge is 2.48. The van der Waals surface area contributed by atoms with Crippen molar-refractivity contribution in [3.63, 3.8) is 0 Å². The van der Waals surface area contributed by atoms with Crippen molar-refractivity contribution in [2.24, 2.45) is 0 Å². The fourth-order valence-electron chi connectivity index (χ4n) is 2.39. The van der Waals surface area contributed by atoms with Gasteiger partial charge in [0.2, 0.25) is 6.29 Å². The summed E-state index contributed by atoms with van der Waals surface area (Å²) in [5, 5.41) is 51.1. The molecular formula is C15H21NO8. The molecule has 0 radical (unpaired) electrons. The molecule has 1 aromatic carbocycles. The Bertz CT molecular complexity index is 568. The number of aliphatic carboxylic acids is 1. The first-order valence-electron chi connectivity index (χ1n) is 7.37. The van der Waals surface area contributed by atoms with E-state index in [0.717, 1.165) is 0 Å². The molecule has 0 spiro atoms. The van der Waals surface area contributed by atoms with Crippen LogP contribution >= 0.6 is 0 Å². The van der Waals surface area contributed by atoms with Gasteiger partial charge >= 0.3 is 5.97 Å². The summed E-state index contributed by atoms with van der Waals surface area (Å²) < 4.78 is 10.4. The predicted octanol–water partition coefficient (Wildman–Crippen LogP) is -1.79. The molecule has 24 heavy (non-hydrogen) atoms. The Morgan fingerprint density at radius 2 is 2.00 bits per heavy atom. The molecule has 2 rings (SSSR count). The summed E-state index contributed by atoms with van der Waals surface area (Å²) in [4.78, 5) is 11.1. The van der Waals surface area contributed by atoms with E-state index in [0.29, 0.717) is 12.1 Å². The van der Waals surface area contributed by atoms with E-state index in [2.05, 4.69) is 5.32 Å². The van der Waals surface area contributed by atoms with Gasteiger partial charge in [-0.2, -0.15) is 0 Å². The molecule has 9 nitrogen and oxygen atoms in total. The molecule has 1 heterocycles. The number of carboxylic acids is 1. The first-order valence-corrected chi connectivity index (χ1v) is 7.37. The van der Waals surface area contributed by atoms with Crippen molar-refractivity contribution in [2.75, 3.05) is 13.6 Å². The van der Waals surface area contributed by atoms with Crippen molar-refractivity contribution < 1.29 is 39.8 Å². The van der Waals surface area contributed by atoms with Crippen molar-refractivity contribution in [1.82, 2.24) is 5.32 Å². The molecule has 134 valence electrons. The van der Waals surface area contributed by atoms with E-state index in [9.17, 15) is 25.2 Å². The lowest BCUT2D eigenvalue weighted by atomic mass is 9.99. The molecule has 9 heteroatoms. The third-order valence-electron chi connectivity index (χ3n) is 3.71. The molecule has 0 aromatic heterocycles. The normalized spacial score (nSPS) is 31.5. The Morgan fingerprint density at radius 1 is 1.29 bits per heavy atom. The fourth-order valence-corrected chi connectivity index (χ4v) is 2.39. The molecule has 0 aliphatic carbocycles. The SMILES string of the molecule is CNC[C@H](O)c1cccc(OC2O[C@H](C(=O)O)[C@@H](O)[C@H](O)[C@H]2O)c1. The molecule has 0 bridgehead atoms. The number of benzene rings is 1. The zero-order valence-electron chi connectivity index (χ0n) is 12.9. The van der Waals surface area contributed by atoms with Crippen LogP contribution in [0.1, 0.15) is 11.7 Å². The largest absolute Gasteiger partial charge is 0.479 e. The minimum atomic E-state index is -1.78. The molecule has 1 fully saturated rings. The van der Waals surface area contributed by atoms with Crippen LogP contribution in [0.4, 0.5) is 0 Å². The molecule has 1 aromatic rings. The average molecular weight is 343 g/mol. The van der Waals surface area contributed by atoms with Gasteiger partial charge < -0.3 is 40.3 Å². The molecule has 6 N–H and O–H groups in total. The van der Waals surface area contributed by atoms with Crippen LogP contribution in [0.25, 0.3) is 0 Å². The van der Waals surface area contributed by atoms with Crippen LogP contribution < -0.4 is 10.1 Å². The Labute approximate surface area is 138 Å². The lowest BCUT2D eigenvalue weighted by Gasteiger charge is -2.38. The molecule has 1 aliphatic rings. The molecule has 0 saturated carbocycles. The second-order valence-corrected chi connectivity index (χ2v) is 5.50. The van der Waals surface area contributed by atoms with Gasteiger partial charge in [0.05, 0.1) is 6.10 Å². The highest BCUT2D eigenvalue weighted by molar-refractivity contribution is 5.73. The van der Waals surface area contributed by atoms with E-state index in [1.807, 2.05) is 0 Å². The number of rotatable bonds is 6. The van der Waals surface area contributed by atoms with Crippen LogP contribution in [-0.4, -0.2) is 75.8 Å². The van der Waals surface area contributed by atoms with Gasteiger partial charge in [-0.1, -0.05) is 12.1 Å². The lowest BCUT2D eigenvalue weighted by Crippen LogP contribution is -2.61. The fraction of sp³-hybridized carbons (Fsp3) is 0.533.